The van der Waals surface area contributed by atoms with Gasteiger partial charge in [0.1, 0.15) is 6.33 Å². The van der Waals surface area contributed by atoms with Crippen LogP contribution in [0.3, 0.4) is 0 Å². The fraction of sp³-hybridized carbons (Fsp3) is 0.593. The van der Waals surface area contributed by atoms with Crippen molar-refractivity contribution in [1.29, 1.82) is 0 Å². The molecule has 0 bridgehead atoms. The summed E-state index contributed by atoms with van der Waals surface area (Å²) in [6.45, 7) is 7.65. The van der Waals surface area contributed by atoms with Gasteiger partial charge in [-0.2, -0.15) is 0 Å². The molecule has 0 amide bonds. The Morgan fingerprint density at radius 1 is 1.03 bits per heavy atom. The molecule has 0 aliphatic heterocycles. The van der Waals surface area contributed by atoms with Crippen LogP contribution in [0, 0.1) is 40.4 Å². The van der Waals surface area contributed by atoms with Crippen molar-refractivity contribution in [2.45, 2.75) is 59.3 Å². The molecule has 2 aromatic rings. The quantitative estimate of drug-likeness (QED) is 0.485. The van der Waals surface area contributed by atoms with E-state index in [1.807, 2.05) is 0 Å². The second-order valence-electron chi connectivity index (χ2n) is 11.1. The summed E-state index contributed by atoms with van der Waals surface area (Å²) in [5.74, 6) is 4.06. The fourth-order valence-electron chi connectivity index (χ4n) is 7.89. The summed E-state index contributed by atoms with van der Waals surface area (Å²) in [7, 11) is 0. The Labute approximate surface area is 175 Å². The van der Waals surface area contributed by atoms with Crippen molar-refractivity contribution in [1.82, 2.24) is 9.55 Å². The molecule has 1 heterocycles. The summed E-state index contributed by atoms with van der Waals surface area (Å²) in [5, 5.41) is 0. The predicted molar refractivity (Wildman–Crippen MR) is 120 cm³/mol. The number of imidazole rings is 1. The zero-order chi connectivity index (χ0) is 19.8. The van der Waals surface area contributed by atoms with Crippen molar-refractivity contribution in [3.05, 3.63) is 48.8 Å². The largest absolute Gasteiger partial charge is 0.302 e. The first kappa shape index (κ1) is 18.0. The van der Waals surface area contributed by atoms with E-state index in [4.69, 9.17) is 4.98 Å². The minimum Gasteiger partial charge on any atom is -0.302 e. The molecule has 2 nitrogen and oxygen atoms in total. The third-order valence-electron chi connectivity index (χ3n) is 9.68. The highest BCUT2D eigenvalue weighted by Gasteiger charge is 2.57. The number of aromatic nitrogens is 2. The maximum atomic E-state index is 4.69. The van der Waals surface area contributed by atoms with Crippen LogP contribution >= 0.6 is 0 Å². The standard InChI is InChI=1S/C27H34N2/c1-18-12-14-26(2)19(16-18)8-9-20-21-10-11-25(27(21,3)15-13-22(20)26)29-17-28-23-6-4-5-7-24(23)29/h4-9,11,17-22H,10,12-16H2,1-3H3/t18?,19?,20?,21?,22?,26-,27-/m0/s1. The summed E-state index contributed by atoms with van der Waals surface area (Å²) in [6.07, 6.45) is 18.1. The van der Waals surface area contributed by atoms with E-state index in [1.165, 1.54) is 49.7 Å². The topological polar surface area (TPSA) is 17.8 Å². The summed E-state index contributed by atoms with van der Waals surface area (Å²) >= 11 is 0. The van der Waals surface area contributed by atoms with Crippen molar-refractivity contribution < 1.29 is 0 Å². The Morgan fingerprint density at radius 2 is 1.90 bits per heavy atom. The average Bonchev–Trinajstić information content (AvgIpc) is 3.29. The molecular formula is C27H34N2. The second-order valence-corrected chi connectivity index (χ2v) is 11.1. The van der Waals surface area contributed by atoms with Gasteiger partial charge in [-0.1, -0.05) is 57.6 Å². The van der Waals surface area contributed by atoms with Crippen LogP contribution in [0.25, 0.3) is 16.7 Å². The highest BCUT2D eigenvalue weighted by molar-refractivity contribution is 5.80. The summed E-state index contributed by atoms with van der Waals surface area (Å²) < 4.78 is 2.40. The number of allylic oxidation sites excluding steroid dienone is 4. The van der Waals surface area contributed by atoms with Gasteiger partial charge in [-0.25, -0.2) is 4.98 Å². The summed E-state index contributed by atoms with van der Waals surface area (Å²) in [4.78, 5) is 4.69. The molecule has 7 atom stereocenters. The Bertz CT molecular complexity index is 1010. The monoisotopic (exact) mass is 386 g/mol. The SMILES string of the molecule is CC1CC[C@@]2(C)C(C=CC3C2CC[C@]2(C)C(n4cnc5ccccc54)=CCC32)C1. The lowest BCUT2D eigenvalue weighted by atomic mass is 9.46. The summed E-state index contributed by atoms with van der Waals surface area (Å²) in [5.41, 5.74) is 4.67. The number of para-hydroxylation sites is 2. The van der Waals surface area contributed by atoms with Gasteiger partial charge in [-0.3, -0.25) is 0 Å². The molecule has 6 rings (SSSR count). The van der Waals surface area contributed by atoms with Gasteiger partial charge in [0.15, 0.2) is 0 Å². The highest BCUT2D eigenvalue weighted by Crippen LogP contribution is 2.65. The third-order valence-corrected chi connectivity index (χ3v) is 9.68. The molecule has 0 radical (unpaired) electrons. The van der Waals surface area contributed by atoms with E-state index in [-0.39, 0.29) is 5.41 Å². The predicted octanol–water partition coefficient (Wildman–Crippen LogP) is 6.94. The van der Waals surface area contributed by atoms with Gasteiger partial charge in [0.25, 0.3) is 0 Å². The van der Waals surface area contributed by atoms with E-state index in [0.29, 0.717) is 5.41 Å². The lowest BCUT2D eigenvalue weighted by Gasteiger charge is -2.58. The number of hydrogen-bond acceptors (Lipinski definition) is 1. The number of benzene rings is 1. The molecule has 0 N–H and O–H groups in total. The lowest BCUT2D eigenvalue weighted by Crippen LogP contribution is -2.51. The zero-order valence-corrected chi connectivity index (χ0v) is 18.1. The van der Waals surface area contributed by atoms with E-state index in [0.717, 1.165) is 35.1 Å². The minimum atomic E-state index is 0.264. The van der Waals surface area contributed by atoms with E-state index in [2.05, 4.69) is 74.2 Å². The van der Waals surface area contributed by atoms with E-state index in [9.17, 15) is 0 Å². The van der Waals surface area contributed by atoms with Crippen LogP contribution in [0.2, 0.25) is 0 Å². The first-order chi connectivity index (χ1) is 14.0. The van der Waals surface area contributed by atoms with Gasteiger partial charge in [0.2, 0.25) is 0 Å². The molecule has 2 fully saturated rings. The fourth-order valence-corrected chi connectivity index (χ4v) is 7.89. The second kappa shape index (κ2) is 6.09. The molecule has 29 heavy (non-hydrogen) atoms. The van der Waals surface area contributed by atoms with Crippen LogP contribution < -0.4 is 0 Å². The van der Waals surface area contributed by atoms with Gasteiger partial charge < -0.3 is 4.57 Å². The minimum absolute atomic E-state index is 0.264. The van der Waals surface area contributed by atoms with E-state index < -0.39 is 0 Å². The van der Waals surface area contributed by atoms with Crippen molar-refractivity contribution in [3.8, 4) is 0 Å². The normalized spacial score (nSPS) is 43.6. The van der Waals surface area contributed by atoms with Gasteiger partial charge in [-0.05, 0) is 79.2 Å². The first-order valence-corrected chi connectivity index (χ1v) is 11.8. The molecular weight excluding hydrogens is 352 g/mol. The average molecular weight is 387 g/mol. The zero-order valence-electron chi connectivity index (χ0n) is 18.1. The van der Waals surface area contributed by atoms with Crippen LogP contribution in [0.15, 0.2) is 48.8 Å². The molecule has 1 aromatic heterocycles. The number of fused-ring (bicyclic) bond motifs is 6. The maximum absolute atomic E-state index is 4.69. The van der Waals surface area contributed by atoms with Crippen molar-refractivity contribution in [3.63, 3.8) is 0 Å². The van der Waals surface area contributed by atoms with Gasteiger partial charge in [0.05, 0.1) is 11.0 Å². The maximum Gasteiger partial charge on any atom is 0.100 e. The number of nitrogens with zero attached hydrogens (tertiary/aromatic N) is 2. The van der Waals surface area contributed by atoms with Crippen LogP contribution in [0.4, 0.5) is 0 Å². The molecule has 4 aliphatic carbocycles. The van der Waals surface area contributed by atoms with Gasteiger partial charge in [-0.15, -0.1) is 0 Å². The Balaban J connectivity index is 1.37. The van der Waals surface area contributed by atoms with Gasteiger partial charge in [0, 0.05) is 11.1 Å². The van der Waals surface area contributed by atoms with Crippen LogP contribution in [0.5, 0.6) is 0 Å². The Morgan fingerprint density at radius 3 is 2.79 bits per heavy atom. The molecule has 0 saturated heterocycles. The van der Waals surface area contributed by atoms with Crippen molar-refractivity contribution in [2.75, 3.05) is 0 Å². The van der Waals surface area contributed by atoms with E-state index in [1.54, 1.807) is 0 Å². The van der Waals surface area contributed by atoms with E-state index >= 15 is 0 Å². The summed E-state index contributed by atoms with van der Waals surface area (Å²) in [6, 6.07) is 8.59. The molecule has 5 unspecified atom stereocenters. The third kappa shape index (κ3) is 2.38. The van der Waals surface area contributed by atoms with Crippen LogP contribution in [0.1, 0.15) is 59.3 Å². The van der Waals surface area contributed by atoms with Crippen molar-refractivity contribution >= 4 is 16.7 Å². The highest BCUT2D eigenvalue weighted by atomic mass is 15.1. The Hall–Kier alpha value is -1.83. The molecule has 4 aliphatic rings. The lowest BCUT2D eigenvalue weighted by molar-refractivity contribution is -0.0458. The molecule has 0 spiro atoms. The molecule has 2 saturated carbocycles. The van der Waals surface area contributed by atoms with Crippen LogP contribution in [-0.4, -0.2) is 9.55 Å². The molecule has 152 valence electrons. The molecule has 2 heteroatoms. The van der Waals surface area contributed by atoms with Gasteiger partial charge >= 0.3 is 0 Å². The number of rotatable bonds is 1. The van der Waals surface area contributed by atoms with Crippen molar-refractivity contribution in [2.24, 2.45) is 40.4 Å². The number of hydrogen-bond donors (Lipinski definition) is 0. The van der Waals surface area contributed by atoms with Crippen LogP contribution in [-0.2, 0) is 0 Å². The smallest absolute Gasteiger partial charge is 0.100 e. The molecule has 1 aromatic carbocycles. The Kier molecular flexibility index (Phi) is 3.78. The first-order valence-electron chi connectivity index (χ1n) is 11.8.